The maximum Gasteiger partial charge on any atom is 0.199 e. The molecule has 0 saturated carbocycles. The first kappa shape index (κ1) is 12.0. The Morgan fingerprint density at radius 2 is 2.50 bits per heavy atom. The molecule has 0 aliphatic carbocycles. The lowest BCUT2D eigenvalue weighted by Crippen LogP contribution is -2.25. The van der Waals surface area contributed by atoms with Crippen molar-refractivity contribution in [1.82, 2.24) is 15.3 Å². The predicted octanol–water partition coefficient (Wildman–Crippen LogP) is 0.231. The van der Waals surface area contributed by atoms with Gasteiger partial charge in [0.1, 0.15) is 5.82 Å². The fourth-order valence-electron chi connectivity index (χ4n) is 0.707. The Morgan fingerprint density at radius 3 is 2.64 bits per heavy atom. The number of nitriles is 1. The Kier molecular flexibility index (Phi) is 5.54. The largest absolute Gasteiger partial charge is 0.369 e. The SMILES string of the molecule is CCc1nc(C)c[nH]1.N#CNC(=N)N. The molecule has 0 unspecified atom stereocenters. The van der Waals surface area contributed by atoms with Gasteiger partial charge in [-0.05, 0) is 6.92 Å². The van der Waals surface area contributed by atoms with Crippen molar-refractivity contribution in [2.45, 2.75) is 20.3 Å². The summed E-state index contributed by atoms with van der Waals surface area (Å²) < 4.78 is 0. The van der Waals surface area contributed by atoms with E-state index in [4.69, 9.17) is 10.7 Å². The van der Waals surface area contributed by atoms with Gasteiger partial charge in [-0.1, -0.05) is 6.92 Å². The second-order valence-electron chi connectivity index (χ2n) is 2.49. The lowest BCUT2D eigenvalue weighted by molar-refractivity contribution is 0.982. The number of nitrogens with one attached hydrogen (secondary N) is 3. The Balaban J connectivity index is 0.000000255. The zero-order chi connectivity index (χ0) is 11.0. The van der Waals surface area contributed by atoms with Crippen LogP contribution in [0.4, 0.5) is 0 Å². The summed E-state index contributed by atoms with van der Waals surface area (Å²) in [5.41, 5.74) is 5.72. The van der Waals surface area contributed by atoms with Crippen molar-refractivity contribution in [3.05, 3.63) is 17.7 Å². The highest BCUT2D eigenvalue weighted by molar-refractivity contribution is 5.75. The summed E-state index contributed by atoms with van der Waals surface area (Å²) in [5, 5.41) is 15.9. The third-order valence-corrected chi connectivity index (χ3v) is 1.28. The smallest absolute Gasteiger partial charge is 0.199 e. The summed E-state index contributed by atoms with van der Waals surface area (Å²) in [6, 6.07) is 0. The molecule has 6 heteroatoms. The molecule has 0 amide bonds. The van der Waals surface area contributed by atoms with E-state index in [9.17, 15) is 0 Å². The summed E-state index contributed by atoms with van der Waals surface area (Å²) in [6.45, 7) is 4.06. The standard InChI is InChI=1S/C6H10N2.C2H4N4/c1-3-6-7-4-5(2)8-6;3-1-6-2(4)5/h4H,3H2,1-2H3,(H,7,8);(H4,4,5,6). The number of rotatable bonds is 1. The molecular weight excluding hydrogens is 180 g/mol. The Bertz CT molecular complexity index is 321. The van der Waals surface area contributed by atoms with Crippen LogP contribution in [0.3, 0.4) is 0 Å². The van der Waals surface area contributed by atoms with Gasteiger partial charge in [0.15, 0.2) is 12.2 Å². The number of hydrogen-bond acceptors (Lipinski definition) is 3. The second-order valence-corrected chi connectivity index (χ2v) is 2.49. The van der Waals surface area contributed by atoms with Crippen molar-refractivity contribution in [3.63, 3.8) is 0 Å². The van der Waals surface area contributed by atoms with Crippen LogP contribution in [0.1, 0.15) is 18.4 Å². The average molecular weight is 194 g/mol. The topological polar surface area (TPSA) is 114 Å². The summed E-state index contributed by atoms with van der Waals surface area (Å²) in [5.74, 6) is 0.750. The van der Waals surface area contributed by atoms with Crippen molar-refractivity contribution in [2.24, 2.45) is 5.73 Å². The third-order valence-electron chi connectivity index (χ3n) is 1.28. The molecule has 0 aliphatic rings. The highest BCUT2D eigenvalue weighted by atomic mass is 15.0. The van der Waals surface area contributed by atoms with Gasteiger partial charge in [0.2, 0.25) is 0 Å². The van der Waals surface area contributed by atoms with Gasteiger partial charge in [-0.15, -0.1) is 0 Å². The van der Waals surface area contributed by atoms with Crippen molar-refractivity contribution >= 4 is 5.96 Å². The van der Waals surface area contributed by atoms with Crippen molar-refractivity contribution in [1.29, 1.82) is 10.7 Å². The molecule has 0 radical (unpaired) electrons. The van der Waals surface area contributed by atoms with E-state index in [2.05, 4.69) is 22.6 Å². The van der Waals surface area contributed by atoms with Gasteiger partial charge < -0.3 is 10.7 Å². The van der Waals surface area contributed by atoms with Gasteiger partial charge in [-0.25, -0.2) is 4.98 Å². The maximum absolute atomic E-state index is 7.65. The van der Waals surface area contributed by atoms with E-state index in [0.717, 1.165) is 17.9 Å². The predicted molar refractivity (Wildman–Crippen MR) is 53.4 cm³/mol. The number of guanidine groups is 1. The number of nitrogens with zero attached hydrogens (tertiary/aromatic N) is 2. The molecule has 6 nitrogen and oxygen atoms in total. The highest BCUT2D eigenvalue weighted by Gasteiger charge is 1.89. The molecule has 0 aliphatic heterocycles. The fourth-order valence-corrected chi connectivity index (χ4v) is 0.707. The molecule has 14 heavy (non-hydrogen) atoms. The summed E-state index contributed by atoms with van der Waals surface area (Å²) >= 11 is 0. The van der Waals surface area contributed by atoms with Gasteiger partial charge >= 0.3 is 0 Å². The van der Waals surface area contributed by atoms with Gasteiger partial charge in [0, 0.05) is 12.6 Å². The molecule has 0 fully saturated rings. The highest BCUT2D eigenvalue weighted by Crippen LogP contribution is 1.93. The first-order valence-corrected chi connectivity index (χ1v) is 4.10. The molecular formula is C8H14N6. The van der Waals surface area contributed by atoms with Crippen LogP contribution in [0.25, 0.3) is 0 Å². The molecule has 1 heterocycles. The van der Waals surface area contributed by atoms with Crippen LogP contribution in [0, 0.1) is 23.8 Å². The summed E-state index contributed by atoms with van der Waals surface area (Å²) in [6.07, 6.45) is 4.38. The maximum atomic E-state index is 7.65. The van der Waals surface area contributed by atoms with E-state index in [1.165, 1.54) is 6.19 Å². The molecule has 1 rings (SSSR count). The molecule has 1 aromatic rings. The minimum atomic E-state index is -0.322. The van der Waals surface area contributed by atoms with Gasteiger partial charge in [-0.3, -0.25) is 10.7 Å². The molecule has 0 aromatic carbocycles. The van der Waals surface area contributed by atoms with Crippen molar-refractivity contribution in [2.75, 3.05) is 0 Å². The van der Waals surface area contributed by atoms with E-state index in [1.54, 1.807) is 0 Å². The Labute approximate surface area is 82.7 Å². The van der Waals surface area contributed by atoms with Crippen LogP contribution in [-0.4, -0.2) is 15.9 Å². The number of nitrogens with two attached hydrogens (primary N) is 1. The van der Waals surface area contributed by atoms with Crippen LogP contribution >= 0.6 is 0 Å². The van der Waals surface area contributed by atoms with Crippen LogP contribution in [-0.2, 0) is 6.42 Å². The van der Waals surface area contributed by atoms with Crippen molar-refractivity contribution in [3.8, 4) is 6.19 Å². The molecule has 5 N–H and O–H groups in total. The monoisotopic (exact) mass is 194 g/mol. The quantitative estimate of drug-likeness (QED) is 0.222. The normalized spacial score (nSPS) is 8.07. The van der Waals surface area contributed by atoms with Crippen LogP contribution < -0.4 is 11.1 Å². The number of aryl methyl sites for hydroxylation is 2. The number of imidazole rings is 1. The number of H-pyrrole nitrogens is 1. The molecule has 1 aromatic heterocycles. The first-order chi connectivity index (χ1) is 6.60. The minimum Gasteiger partial charge on any atom is -0.369 e. The first-order valence-electron chi connectivity index (χ1n) is 4.10. The molecule has 0 bridgehead atoms. The second kappa shape index (κ2) is 6.48. The Morgan fingerprint density at radius 1 is 1.86 bits per heavy atom. The van der Waals surface area contributed by atoms with E-state index in [-0.39, 0.29) is 5.96 Å². The Hall–Kier alpha value is -2.03. The molecule has 76 valence electrons. The zero-order valence-electron chi connectivity index (χ0n) is 8.26. The average Bonchev–Trinajstić information content (AvgIpc) is 2.52. The van der Waals surface area contributed by atoms with E-state index in [1.807, 2.05) is 18.4 Å². The fraction of sp³-hybridized carbons (Fsp3) is 0.375. The van der Waals surface area contributed by atoms with Crippen LogP contribution in [0.2, 0.25) is 0 Å². The van der Waals surface area contributed by atoms with E-state index in [0.29, 0.717) is 0 Å². The number of aromatic amines is 1. The van der Waals surface area contributed by atoms with Gasteiger partial charge in [0.05, 0.1) is 5.69 Å². The summed E-state index contributed by atoms with van der Waals surface area (Å²) in [4.78, 5) is 7.22. The number of aromatic nitrogens is 2. The molecule has 0 saturated heterocycles. The van der Waals surface area contributed by atoms with Gasteiger partial charge in [-0.2, -0.15) is 5.26 Å². The van der Waals surface area contributed by atoms with Gasteiger partial charge in [0.25, 0.3) is 0 Å². The minimum absolute atomic E-state index is 0.322. The molecule has 0 atom stereocenters. The lowest BCUT2D eigenvalue weighted by Gasteiger charge is -1.82. The summed E-state index contributed by atoms with van der Waals surface area (Å²) in [7, 11) is 0. The van der Waals surface area contributed by atoms with Crippen LogP contribution in [0.5, 0.6) is 0 Å². The molecule has 0 spiro atoms. The van der Waals surface area contributed by atoms with E-state index < -0.39 is 0 Å². The third kappa shape index (κ3) is 5.60. The van der Waals surface area contributed by atoms with E-state index >= 15 is 0 Å². The lowest BCUT2D eigenvalue weighted by atomic mass is 10.5. The number of hydrogen-bond donors (Lipinski definition) is 4. The zero-order valence-corrected chi connectivity index (χ0v) is 8.26. The van der Waals surface area contributed by atoms with Crippen LogP contribution in [0.15, 0.2) is 6.20 Å². The van der Waals surface area contributed by atoms with Crippen molar-refractivity contribution < 1.29 is 0 Å².